The number of esters is 1. The van der Waals surface area contributed by atoms with Crippen molar-refractivity contribution < 1.29 is 18.7 Å². The van der Waals surface area contributed by atoms with Crippen molar-refractivity contribution in [1.82, 2.24) is 5.32 Å². The van der Waals surface area contributed by atoms with E-state index in [1.165, 1.54) is 6.26 Å². The van der Waals surface area contributed by atoms with Gasteiger partial charge in [0, 0.05) is 6.54 Å². The molecule has 0 radical (unpaired) electrons. The molecule has 0 bridgehead atoms. The summed E-state index contributed by atoms with van der Waals surface area (Å²) >= 11 is 0. The highest BCUT2D eigenvalue weighted by atomic mass is 16.5. The van der Waals surface area contributed by atoms with Crippen LogP contribution in [0.4, 0.5) is 0 Å². The van der Waals surface area contributed by atoms with Crippen molar-refractivity contribution in [2.45, 2.75) is 13.0 Å². The van der Waals surface area contributed by atoms with E-state index >= 15 is 0 Å². The van der Waals surface area contributed by atoms with Crippen LogP contribution in [0.1, 0.15) is 22.5 Å². The van der Waals surface area contributed by atoms with Gasteiger partial charge in [-0.15, -0.1) is 0 Å². The zero-order valence-corrected chi connectivity index (χ0v) is 10.9. The van der Waals surface area contributed by atoms with Gasteiger partial charge in [0.15, 0.2) is 5.76 Å². The fourth-order valence-corrected chi connectivity index (χ4v) is 1.58. The molecule has 0 atom stereocenters. The summed E-state index contributed by atoms with van der Waals surface area (Å²) in [5.41, 5.74) is 0.931. The Morgan fingerprint density at radius 3 is 2.60 bits per heavy atom. The molecule has 2 aromatic rings. The number of amides is 1. The van der Waals surface area contributed by atoms with Crippen molar-refractivity contribution >= 4 is 11.9 Å². The minimum absolute atomic E-state index is 0.124. The third kappa shape index (κ3) is 4.28. The van der Waals surface area contributed by atoms with Crippen LogP contribution in [0, 0.1) is 0 Å². The molecule has 2 rings (SSSR count). The van der Waals surface area contributed by atoms with Crippen LogP contribution in [0.2, 0.25) is 0 Å². The summed E-state index contributed by atoms with van der Waals surface area (Å²) in [5, 5.41) is 2.58. The normalized spacial score (nSPS) is 10.0. The van der Waals surface area contributed by atoms with E-state index in [0.29, 0.717) is 0 Å². The number of ether oxygens (including phenoxy) is 1. The van der Waals surface area contributed by atoms with E-state index in [1.807, 2.05) is 30.3 Å². The fraction of sp³-hybridized carbons (Fsp3) is 0.200. The molecule has 0 saturated carbocycles. The molecule has 5 nitrogen and oxygen atoms in total. The van der Waals surface area contributed by atoms with E-state index in [4.69, 9.17) is 9.15 Å². The van der Waals surface area contributed by atoms with Gasteiger partial charge in [0.2, 0.25) is 0 Å². The average Bonchev–Trinajstić information content (AvgIpc) is 3.00. The maximum absolute atomic E-state index is 11.5. The van der Waals surface area contributed by atoms with Gasteiger partial charge in [0.1, 0.15) is 6.61 Å². The molecule has 104 valence electrons. The van der Waals surface area contributed by atoms with Gasteiger partial charge in [-0.1, -0.05) is 30.3 Å². The highest BCUT2D eigenvalue weighted by Crippen LogP contribution is 2.02. The Morgan fingerprint density at radius 1 is 1.10 bits per heavy atom. The van der Waals surface area contributed by atoms with Gasteiger partial charge >= 0.3 is 5.97 Å². The predicted molar refractivity (Wildman–Crippen MR) is 71.9 cm³/mol. The summed E-state index contributed by atoms with van der Waals surface area (Å²) in [6, 6.07) is 12.6. The first kappa shape index (κ1) is 13.9. The molecular formula is C15H15NO4. The quantitative estimate of drug-likeness (QED) is 0.819. The lowest BCUT2D eigenvalue weighted by Crippen LogP contribution is -2.26. The van der Waals surface area contributed by atoms with Crippen LogP contribution in [-0.4, -0.2) is 18.4 Å². The highest BCUT2D eigenvalue weighted by Gasteiger charge is 2.09. The molecule has 0 unspecified atom stereocenters. The van der Waals surface area contributed by atoms with Crippen LogP contribution in [-0.2, 0) is 16.1 Å². The van der Waals surface area contributed by atoms with Crippen LogP contribution in [0.15, 0.2) is 53.1 Å². The molecule has 5 heteroatoms. The number of carbonyl (C=O) groups excluding carboxylic acids is 2. The van der Waals surface area contributed by atoms with Crippen molar-refractivity contribution in [2.24, 2.45) is 0 Å². The standard InChI is InChI=1S/C15H15NO4/c17-14(20-11-12-5-2-1-3-6-12)8-9-16-15(18)13-7-4-10-19-13/h1-7,10H,8-9,11H2,(H,16,18). The molecule has 0 aliphatic carbocycles. The monoisotopic (exact) mass is 273 g/mol. The van der Waals surface area contributed by atoms with Crippen molar-refractivity contribution in [2.75, 3.05) is 6.54 Å². The smallest absolute Gasteiger partial charge is 0.307 e. The zero-order valence-electron chi connectivity index (χ0n) is 10.9. The third-order valence-corrected chi connectivity index (χ3v) is 2.60. The number of nitrogens with one attached hydrogen (secondary N) is 1. The summed E-state index contributed by atoms with van der Waals surface area (Å²) in [6.45, 7) is 0.457. The Morgan fingerprint density at radius 2 is 1.90 bits per heavy atom. The summed E-state index contributed by atoms with van der Waals surface area (Å²) in [6.07, 6.45) is 1.54. The number of hydrogen-bond donors (Lipinski definition) is 1. The Balaban J connectivity index is 1.64. The molecule has 1 aromatic carbocycles. The zero-order chi connectivity index (χ0) is 14.2. The molecule has 1 N–H and O–H groups in total. The highest BCUT2D eigenvalue weighted by molar-refractivity contribution is 5.91. The van der Waals surface area contributed by atoms with Gasteiger partial charge in [-0.2, -0.15) is 0 Å². The van der Waals surface area contributed by atoms with E-state index in [-0.39, 0.29) is 37.2 Å². The number of carbonyl (C=O) groups is 2. The molecule has 0 spiro atoms. The third-order valence-electron chi connectivity index (χ3n) is 2.60. The van der Waals surface area contributed by atoms with E-state index in [0.717, 1.165) is 5.56 Å². The van der Waals surface area contributed by atoms with Crippen molar-refractivity contribution in [3.05, 3.63) is 60.1 Å². The Hall–Kier alpha value is -2.56. The Kier molecular flexibility index (Phi) is 4.94. The van der Waals surface area contributed by atoms with Crippen LogP contribution in [0.25, 0.3) is 0 Å². The lowest BCUT2D eigenvalue weighted by atomic mass is 10.2. The van der Waals surface area contributed by atoms with Crippen LogP contribution >= 0.6 is 0 Å². The maximum Gasteiger partial charge on any atom is 0.307 e. The second kappa shape index (κ2) is 7.13. The minimum atomic E-state index is -0.353. The first-order chi connectivity index (χ1) is 9.75. The first-order valence-corrected chi connectivity index (χ1v) is 6.27. The van der Waals surface area contributed by atoms with Gasteiger partial charge in [-0.05, 0) is 17.7 Å². The van der Waals surface area contributed by atoms with Gasteiger partial charge in [-0.3, -0.25) is 9.59 Å². The molecule has 0 saturated heterocycles. The molecule has 0 fully saturated rings. The molecule has 1 amide bonds. The van der Waals surface area contributed by atoms with Crippen LogP contribution in [0.3, 0.4) is 0 Å². The van der Waals surface area contributed by atoms with E-state index in [2.05, 4.69) is 5.32 Å². The summed E-state index contributed by atoms with van der Waals surface area (Å²) in [7, 11) is 0. The van der Waals surface area contributed by atoms with E-state index in [1.54, 1.807) is 12.1 Å². The summed E-state index contributed by atoms with van der Waals surface area (Å²) < 4.78 is 10.0. The van der Waals surface area contributed by atoms with Crippen LogP contribution < -0.4 is 5.32 Å². The summed E-state index contributed by atoms with van der Waals surface area (Å²) in [5.74, 6) is -0.470. The second-order valence-corrected chi connectivity index (χ2v) is 4.13. The lowest BCUT2D eigenvalue weighted by molar-refractivity contribution is -0.144. The Labute approximate surface area is 116 Å². The van der Waals surface area contributed by atoms with Crippen molar-refractivity contribution in [1.29, 1.82) is 0 Å². The molecule has 0 aliphatic heterocycles. The lowest BCUT2D eigenvalue weighted by Gasteiger charge is -2.05. The SMILES string of the molecule is O=C(CCNC(=O)c1ccco1)OCc1ccccc1. The topological polar surface area (TPSA) is 68.5 Å². The first-order valence-electron chi connectivity index (χ1n) is 6.27. The number of benzene rings is 1. The molecular weight excluding hydrogens is 258 g/mol. The minimum Gasteiger partial charge on any atom is -0.461 e. The Bertz CT molecular complexity index is 549. The summed E-state index contributed by atoms with van der Waals surface area (Å²) in [4.78, 5) is 23.0. The van der Waals surface area contributed by atoms with Gasteiger partial charge in [0.25, 0.3) is 5.91 Å². The van der Waals surface area contributed by atoms with Crippen molar-refractivity contribution in [3.63, 3.8) is 0 Å². The van der Waals surface area contributed by atoms with Gasteiger partial charge < -0.3 is 14.5 Å². The van der Waals surface area contributed by atoms with Gasteiger partial charge in [-0.25, -0.2) is 0 Å². The second-order valence-electron chi connectivity index (χ2n) is 4.13. The number of hydrogen-bond acceptors (Lipinski definition) is 4. The van der Waals surface area contributed by atoms with E-state index in [9.17, 15) is 9.59 Å². The molecule has 1 aromatic heterocycles. The largest absolute Gasteiger partial charge is 0.461 e. The number of furan rings is 1. The molecule has 20 heavy (non-hydrogen) atoms. The fourth-order valence-electron chi connectivity index (χ4n) is 1.58. The van der Waals surface area contributed by atoms with E-state index < -0.39 is 0 Å². The maximum atomic E-state index is 11.5. The predicted octanol–water partition coefficient (Wildman–Crippen LogP) is 2.14. The molecule has 1 heterocycles. The van der Waals surface area contributed by atoms with Gasteiger partial charge in [0.05, 0.1) is 12.7 Å². The average molecular weight is 273 g/mol. The number of rotatable bonds is 6. The van der Waals surface area contributed by atoms with Crippen molar-refractivity contribution in [3.8, 4) is 0 Å². The van der Waals surface area contributed by atoms with Crippen LogP contribution in [0.5, 0.6) is 0 Å². The molecule has 0 aliphatic rings.